The SMILES string of the molecule is COc1cccc2c1OC1=C(C2)C(=S)NC(c2ccc(SC)cc2)N1c1ccc(F)cc1. The summed E-state index contributed by atoms with van der Waals surface area (Å²) in [4.78, 5) is 3.85. The van der Waals surface area contributed by atoms with Crippen LogP contribution < -0.4 is 19.7 Å². The first-order valence-electron chi connectivity index (χ1n) is 10.2. The highest BCUT2D eigenvalue weighted by Crippen LogP contribution is 2.44. The topological polar surface area (TPSA) is 33.7 Å². The molecule has 1 unspecified atom stereocenters. The number of nitrogens with zero attached hydrogens (tertiary/aromatic N) is 1. The van der Waals surface area contributed by atoms with Gasteiger partial charge in [-0.1, -0.05) is 36.5 Å². The van der Waals surface area contributed by atoms with Crippen molar-refractivity contribution in [3.63, 3.8) is 0 Å². The van der Waals surface area contributed by atoms with Crippen LogP contribution >= 0.6 is 24.0 Å². The van der Waals surface area contributed by atoms with Crippen LogP contribution in [0.1, 0.15) is 17.3 Å². The molecule has 0 saturated heterocycles. The number of hydrogen-bond donors (Lipinski definition) is 1. The van der Waals surface area contributed by atoms with Crippen LogP contribution in [-0.4, -0.2) is 18.4 Å². The molecule has 0 fully saturated rings. The Balaban J connectivity index is 1.65. The first-order chi connectivity index (χ1) is 15.6. The van der Waals surface area contributed by atoms with Crippen molar-refractivity contribution in [2.75, 3.05) is 18.3 Å². The third kappa shape index (κ3) is 3.61. The van der Waals surface area contributed by atoms with Gasteiger partial charge in [0.25, 0.3) is 0 Å². The molecule has 0 radical (unpaired) electrons. The summed E-state index contributed by atoms with van der Waals surface area (Å²) in [5, 5.41) is 3.48. The van der Waals surface area contributed by atoms with Gasteiger partial charge in [0.15, 0.2) is 11.5 Å². The van der Waals surface area contributed by atoms with E-state index in [0.717, 1.165) is 22.4 Å². The lowest BCUT2D eigenvalue weighted by molar-refractivity contribution is 0.327. The second-order valence-electron chi connectivity index (χ2n) is 7.51. The summed E-state index contributed by atoms with van der Waals surface area (Å²) >= 11 is 7.46. The predicted octanol–water partition coefficient (Wildman–Crippen LogP) is 5.84. The van der Waals surface area contributed by atoms with Crippen molar-refractivity contribution < 1.29 is 13.9 Å². The minimum Gasteiger partial charge on any atom is -0.493 e. The molecule has 3 aromatic carbocycles. The summed E-state index contributed by atoms with van der Waals surface area (Å²) in [6.45, 7) is 0. The van der Waals surface area contributed by atoms with E-state index >= 15 is 0 Å². The van der Waals surface area contributed by atoms with Crippen molar-refractivity contribution in [3.8, 4) is 11.5 Å². The molecular weight excluding hydrogens is 443 g/mol. The van der Waals surface area contributed by atoms with Gasteiger partial charge in [0, 0.05) is 22.6 Å². The molecule has 0 bridgehead atoms. The van der Waals surface area contributed by atoms with E-state index in [4.69, 9.17) is 21.7 Å². The molecule has 0 amide bonds. The van der Waals surface area contributed by atoms with Crippen molar-refractivity contribution in [2.45, 2.75) is 17.5 Å². The number of benzene rings is 3. The Kier molecular flexibility index (Phi) is 5.53. The fourth-order valence-corrected chi connectivity index (χ4v) is 4.73. The predicted molar refractivity (Wildman–Crippen MR) is 130 cm³/mol. The number of methoxy groups -OCH3 is 1. The van der Waals surface area contributed by atoms with Crippen LogP contribution in [0.4, 0.5) is 10.1 Å². The highest BCUT2D eigenvalue weighted by Gasteiger charge is 2.38. The summed E-state index contributed by atoms with van der Waals surface area (Å²) in [7, 11) is 1.63. The number of fused-ring (bicyclic) bond motifs is 1. The first kappa shape index (κ1) is 20.8. The summed E-state index contributed by atoms with van der Waals surface area (Å²) in [6.07, 6.45) is 2.36. The van der Waals surface area contributed by atoms with Gasteiger partial charge in [-0.3, -0.25) is 4.90 Å². The summed E-state index contributed by atoms with van der Waals surface area (Å²) < 4.78 is 25.8. The molecule has 162 valence electrons. The highest BCUT2D eigenvalue weighted by molar-refractivity contribution is 7.98. The Labute approximate surface area is 196 Å². The maximum Gasteiger partial charge on any atom is 0.209 e. The molecule has 32 heavy (non-hydrogen) atoms. The number of halogens is 1. The van der Waals surface area contributed by atoms with E-state index in [1.165, 1.54) is 17.0 Å². The Hall–Kier alpha value is -3.03. The smallest absolute Gasteiger partial charge is 0.209 e. The lowest BCUT2D eigenvalue weighted by Crippen LogP contribution is -2.49. The van der Waals surface area contributed by atoms with Gasteiger partial charge in [-0.05, 0) is 54.3 Å². The monoisotopic (exact) mass is 464 g/mol. The largest absolute Gasteiger partial charge is 0.493 e. The van der Waals surface area contributed by atoms with Gasteiger partial charge >= 0.3 is 0 Å². The van der Waals surface area contributed by atoms with Gasteiger partial charge in [0.1, 0.15) is 17.0 Å². The molecular formula is C25H21FN2O2S2. The van der Waals surface area contributed by atoms with E-state index in [2.05, 4.69) is 29.6 Å². The Morgan fingerprint density at radius 3 is 2.53 bits per heavy atom. The third-order valence-corrected chi connectivity index (χ3v) is 6.77. The molecule has 1 atom stereocenters. The van der Waals surface area contributed by atoms with Gasteiger partial charge < -0.3 is 14.8 Å². The molecule has 4 nitrogen and oxygen atoms in total. The first-order valence-corrected chi connectivity index (χ1v) is 11.8. The molecule has 0 saturated carbocycles. The van der Waals surface area contributed by atoms with Gasteiger partial charge in [0.05, 0.1) is 12.7 Å². The summed E-state index contributed by atoms with van der Waals surface area (Å²) in [6, 6.07) is 20.6. The lowest BCUT2D eigenvalue weighted by Gasteiger charge is -2.43. The van der Waals surface area contributed by atoms with Gasteiger partial charge in [-0.25, -0.2) is 4.39 Å². The van der Waals surface area contributed by atoms with Crippen LogP contribution in [0.15, 0.2) is 83.1 Å². The maximum atomic E-state index is 13.7. The Morgan fingerprint density at radius 1 is 1.09 bits per heavy atom. The van der Waals surface area contributed by atoms with Gasteiger partial charge in [-0.15, -0.1) is 11.8 Å². The standard InChI is InChI=1S/C25H21FN2O2S2/c1-29-21-5-3-4-16-14-20-24(31)27-23(15-6-12-19(32-2)13-7-15)28(25(20)30-22(16)21)18-10-8-17(26)9-11-18/h3-13,23H,14H2,1-2H3,(H,27,31). The number of anilines is 1. The normalized spacial score (nSPS) is 17.3. The average Bonchev–Trinajstić information content (AvgIpc) is 2.83. The third-order valence-electron chi connectivity index (χ3n) is 5.66. The molecule has 1 N–H and O–H groups in total. The zero-order valence-corrected chi connectivity index (χ0v) is 19.2. The molecule has 0 aliphatic carbocycles. The van der Waals surface area contributed by atoms with Crippen molar-refractivity contribution in [1.82, 2.24) is 5.32 Å². The molecule has 2 aliphatic rings. The maximum absolute atomic E-state index is 13.7. The quantitative estimate of drug-likeness (QED) is 0.386. The number of thiocarbonyl (C=S) groups is 1. The molecule has 2 aliphatic heterocycles. The second-order valence-corrected chi connectivity index (χ2v) is 8.79. The number of para-hydroxylation sites is 1. The van der Waals surface area contributed by atoms with Crippen molar-refractivity contribution in [1.29, 1.82) is 0 Å². The van der Waals surface area contributed by atoms with Crippen molar-refractivity contribution in [2.24, 2.45) is 0 Å². The molecule has 0 spiro atoms. The molecule has 5 rings (SSSR count). The molecule has 2 heterocycles. The molecule has 0 aromatic heterocycles. The second kappa shape index (κ2) is 8.48. The molecule has 3 aromatic rings. The summed E-state index contributed by atoms with van der Waals surface area (Å²) in [5.41, 5.74) is 3.72. The van der Waals surface area contributed by atoms with Crippen LogP contribution in [0.5, 0.6) is 11.5 Å². The van der Waals surface area contributed by atoms with E-state index in [1.807, 2.05) is 29.4 Å². The number of hydrogen-bond acceptors (Lipinski definition) is 5. The van der Waals surface area contributed by atoms with E-state index in [1.54, 1.807) is 31.0 Å². The van der Waals surface area contributed by atoms with Crippen LogP contribution in [0, 0.1) is 5.82 Å². The number of nitrogens with one attached hydrogen (secondary N) is 1. The van der Waals surface area contributed by atoms with Gasteiger partial charge in [0.2, 0.25) is 5.88 Å². The number of thioether (sulfide) groups is 1. The van der Waals surface area contributed by atoms with Gasteiger partial charge in [-0.2, -0.15) is 0 Å². The van der Waals surface area contributed by atoms with Crippen LogP contribution in [0.25, 0.3) is 0 Å². The number of rotatable bonds is 4. The zero-order valence-electron chi connectivity index (χ0n) is 17.6. The minimum absolute atomic E-state index is 0.291. The highest BCUT2D eigenvalue weighted by atomic mass is 32.2. The van der Waals surface area contributed by atoms with E-state index < -0.39 is 0 Å². The van der Waals surface area contributed by atoms with E-state index in [0.29, 0.717) is 28.8 Å². The van der Waals surface area contributed by atoms with Crippen LogP contribution in [0.2, 0.25) is 0 Å². The van der Waals surface area contributed by atoms with Crippen LogP contribution in [0.3, 0.4) is 0 Å². The summed E-state index contributed by atoms with van der Waals surface area (Å²) in [5.74, 6) is 1.69. The molecule has 7 heteroatoms. The fraction of sp³-hybridized carbons (Fsp3) is 0.160. The van der Waals surface area contributed by atoms with Crippen molar-refractivity contribution >= 4 is 34.7 Å². The lowest BCUT2D eigenvalue weighted by atomic mass is 9.98. The Bertz CT molecular complexity index is 1210. The number of ether oxygens (including phenoxy) is 2. The van der Waals surface area contributed by atoms with Crippen molar-refractivity contribution in [3.05, 3.63) is 95.1 Å². The Morgan fingerprint density at radius 2 is 1.84 bits per heavy atom. The minimum atomic E-state index is -0.307. The van der Waals surface area contributed by atoms with Crippen LogP contribution in [-0.2, 0) is 6.42 Å². The van der Waals surface area contributed by atoms with E-state index in [9.17, 15) is 4.39 Å². The van der Waals surface area contributed by atoms with E-state index in [-0.39, 0.29) is 12.0 Å². The fourth-order valence-electron chi connectivity index (χ4n) is 4.05. The zero-order chi connectivity index (χ0) is 22.2. The average molecular weight is 465 g/mol.